The van der Waals surface area contributed by atoms with Crippen molar-refractivity contribution in [3.63, 3.8) is 0 Å². The molecule has 0 atom stereocenters. The van der Waals surface area contributed by atoms with E-state index < -0.39 is 0 Å². The molecule has 2 aromatic carbocycles. The maximum absolute atomic E-state index is 11.1. The number of rotatable bonds is 13. The van der Waals surface area contributed by atoms with E-state index in [1.165, 1.54) is 67.7 Å². The quantitative estimate of drug-likeness (QED) is 0.176. The summed E-state index contributed by atoms with van der Waals surface area (Å²) < 4.78 is 10.9. The predicted octanol–water partition coefficient (Wildman–Crippen LogP) is 8.10. The summed E-state index contributed by atoms with van der Waals surface area (Å²) in [6.45, 7) is 6.95. The molecule has 0 aliphatic heterocycles. The van der Waals surface area contributed by atoms with Crippen molar-refractivity contribution in [3.05, 3.63) is 66.7 Å². The zero-order valence-electron chi connectivity index (χ0n) is 20.3. The van der Waals surface area contributed by atoms with Crippen LogP contribution in [0.25, 0.3) is 11.1 Å². The van der Waals surface area contributed by atoms with Crippen LogP contribution in [0.15, 0.2) is 61.2 Å². The van der Waals surface area contributed by atoms with Crippen LogP contribution >= 0.6 is 0 Å². The normalized spacial score (nSPS) is 18.0. The topological polar surface area (TPSA) is 35.5 Å². The van der Waals surface area contributed by atoms with Gasteiger partial charge in [-0.3, -0.25) is 0 Å². The molecule has 0 amide bonds. The Morgan fingerprint density at radius 2 is 1.52 bits per heavy atom. The minimum atomic E-state index is -0.314. The molecule has 0 heterocycles. The van der Waals surface area contributed by atoms with Gasteiger partial charge in [-0.15, -0.1) is 0 Å². The predicted molar refractivity (Wildman–Crippen MR) is 137 cm³/mol. The fourth-order valence-electron chi connectivity index (χ4n) is 4.78. The van der Waals surface area contributed by atoms with Crippen LogP contribution in [0.1, 0.15) is 82.6 Å². The summed E-state index contributed by atoms with van der Waals surface area (Å²) in [6, 6.07) is 17.7. The Morgan fingerprint density at radius 1 is 0.879 bits per heavy atom. The van der Waals surface area contributed by atoms with Crippen molar-refractivity contribution in [1.82, 2.24) is 0 Å². The van der Waals surface area contributed by atoms with Crippen molar-refractivity contribution in [2.75, 3.05) is 13.2 Å². The van der Waals surface area contributed by atoms with Gasteiger partial charge in [0.05, 0.1) is 13.2 Å². The van der Waals surface area contributed by atoms with Gasteiger partial charge in [-0.05, 0) is 85.6 Å². The number of benzene rings is 2. The molecule has 1 aliphatic carbocycles. The lowest BCUT2D eigenvalue weighted by atomic mass is 9.77. The van der Waals surface area contributed by atoms with Crippen molar-refractivity contribution in [1.29, 1.82) is 0 Å². The van der Waals surface area contributed by atoms with E-state index >= 15 is 0 Å². The highest BCUT2D eigenvalue weighted by Crippen LogP contribution is 2.38. The van der Waals surface area contributed by atoms with Gasteiger partial charge in [0.1, 0.15) is 5.75 Å². The summed E-state index contributed by atoms with van der Waals surface area (Å²) in [6.07, 6.45) is 13.3. The third-order valence-electron chi connectivity index (χ3n) is 6.85. The van der Waals surface area contributed by atoms with E-state index in [-0.39, 0.29) is 5.97 Å². The molecular formula is C30H40O3. The molecule has 2 aromatic rings. The Labute approximate surface area is 200 Å². The lowest BCUT2D eigenvalue weighted by molar-refractivity contribution is -0.137. The third-order valence-corrected chi connectivity index (χ3v) is 6.85. The first-order chi connectivity index (χ1) is 16.2. The first-order valence-corrected chi connectivity index (χ1v) is 12.8. The molecule has 33 heavy (non-hydrogen) atoms. The largest absolute Gasteiger partial charge is 0.494 e. The molecule has 3 nitrogen and oxygen atoms in total. The van der Waals surface area contributed by atoms with Crippen LogP contribution in [-0.2, 0) is 9.53 Å². The van der Waals surface area contributed by atoms with Crippen molar-refractivity contribution in [3.8, 4) is 16.9 Å². The Balaban J connectivity index is 1.40. The first kappa shape index (κ1) is 25.1. The summed E-state index contributed by atoms with van der Waals surface area (Å²) in [5, 5.41) is 0. The van der Waals surface area contributed by atoms with Crippen molar-refractivity contribution in [2.45, 2.75) is 77.0 Å². The van der Waals surface area contributed by atoms with E-state index in [9.17, 15) is 4.79 Å². The summed E-state index contributed by atoms with van der Waals surface area (Å²) >= 11 is 0. The maximum Gasteiger partial charge on any atom is 0.330 e. The van der Waals surface area contributed by atoms with Gasteiger partial charge in [-0.25, -0.2) is 4.79 Å². The molecule has 3 rings (SSSR count). The fourth-order valence-corrected chi connectivity index (χ4v) is 4.78. The second kappa shape index (κ2) is 13.9. The van der Waals surface area contributed by atoms with Gasteiger partial charge in [0.2, 0.25) is 0 Å². The number of carbonyl (C=O) groups is 1. The molecule has 0 N–H and O–H groups in total. The van der Waals surface area contributed by atoms with Crippen molar-refractivity contribution < 1.29 is 14.3 Å². The molecule has 0 saturated heterocycles. The van der Waals surface area contributed by atoms with Crippen LogP contribution in [0.2, 0.25) is 0 Å². The Morgan fingerprint density at radius 3 is 2.15 bits per heavy atom. The second-order valence-corrected chi connectivity index (χ2v) is 9.29. The van der Waals surface area contributed by atoms with Crippen LogP contribution in [-0.4, -0.2) is 19.2 Å². The lowest BCUT2D eigenvalue weighted by Crippen LogP contribution is -2.13. The molecule has 1 aliphatic rings. The lowest BCUT2D eigenvalue weighted by Gasteiger charge is -2.29. The average molecular weight is 449 g/mol. The highest BCUT2D eigenvalue weighted by Gasteiger charge is 2.22. The summed E-state index contributed by atoms with van der Waals surface area (Å²) in [4.78, 5) is 11.1. The molecule has 3 heteroatoms. The van der Waals surface area contributed by atoms with Gasteiger partial charge in [0, 0.05) is 6.08 Å². The molecule has 0 aromatic heterocycles. The van der Waals surface area contributed by atoms with Gasteiger partial charge in [0.25, 0.3) is 0 Å². The SMILES string of the molecule is C=CC(=O)OCCCCC1CCC(c2ccc(-c3ccc(OCCCCC)cc3)cc2)CC1. The number of ether oxygens (including phenoxy) is 2. The maximum atomic E-state index is 11.1. The number of carbonyl (C=O) groups excluding carboxylic acids is 1. The summed E-state index contributed by atoms with van der Waals surface area (Å²) in [5.41, 5.74) is 3.98. The number of hydrogen-bond donors (Lipinski definition) is 0. The minimum Gasteiger partial charge on any atom is -0.494 e. The highest BCUT2D eigenvalue weighted by atomic mass is 16.5. The molecule has 0 radical (unpaired) electrons. The van der Waals surface area contributed by atoms with Gasteiger partial charge in [-0.1, -0.05) is 69.2 Å². The van der Waals surface area contributed by atoms with Crippen LogP contribution < -0.4 is 4.74 Å². The third kappa shape index (κ3) is 8.38. The van der Waals surface area contributed by atoms with Crippen LogP contribution in [0.4, 0.5) is 0 Å². The standard InChI is InChI=1S/C30H40O3/c1-3-5-7-22-32-29-20-18-28(19-21-29)27-16-14-26(15-17-27)25-12-10-24(11-13-25)9-6-8-23-33-30(31)4-2/h4,14-21,24-25H,2-3,5-13,22-23H2,1H3. The van der Waals surface area contributed by atoms with Gasteiger partial charge < -0.3 is 9.47 Å². The summed E-state index contributed by atoms with van der Waals surface area (Å²) in [7, 11) is 0. The Bertz CT molecular complexity index is 830. The number of hydrogen-bond acceptors (Lipinski definition) is 3. The van der Waals surface area contributed by atoms with Gasteiger partial charge in [-0.2, -0.15) is 0 Å². The summed E-state index contributed by atoms with van der Waals surface area (Å²) in [5.74, 6) is 2.15. The smallest absolute Gasteiger partial charge is 0.330 e. The Kier molecular flexibility index (Phi) is 10.5. The van der Waals surface area contributed by atoms with Crippen LogP contribution in [0.3, 0.4) is 0 Å². The molecular weight excluding hydrogens is 408 g/mol. The van der Waals surface area contributed by atoms with Crippen molar-refractivity contribution >= 4 is 5.97 Å². The van der Waals surface area contributed by atoms with E-state index in [0.717, 1.165) is 37.5 Å². The van der Waals surface area contributed by atoms with Crippen molar-refractivity contribution in [2.24, 2.45) is 5.92 Å². The van der Waals surface area contributed by atoms with Crippen LogP contribution in [0.5, 0.6) is 5.75 Å². The van der Waals surface area contributed by atoms with E-state index in [1.54, 1.807) is 0 Å². The molecule has 1 fully saturated rings. The van der Waals surface area contributed by atoms with Gasteiger partial charge >= 0.3 is 5.97 Å². The van der Waals surface area contributed by atoms with E-state index in [1.807, 2.05) is 0 Å². The molecule has 0 unspecified atom stereocenters. The van der Waals surface area contributed by atoms with E-state index in [0.29, 0.717) is 12.5 Å². The molecule has 0 spiro atoms. The monoisotopic (exact) mass is 448 g/mol. The Hall–Kier alpha value is -2.55. The van der Waals surface area contributed by atoms with E-state index in [4.69, 9.17) is 9.47 Å². The van der Waals surface area contributed by atoms with Gasteiger partial charge in [0.15, 0.2) is 0 Å². The fraction of sp³-hybridized carbons (Fsp3) is 0.500. The van der Waals surface area contributed by atoms with E-state index in [2.05, 4.69) is 62.0 Å². The second-order valence-electron chi connectivity index (χ2n) is 9.29. The molecule has 178 valence electrons. The van der Waals surface area contributed by atoms with Crippen LogP contribution in [0, 0.1) is 5.92 Å². The zero-order valence-corrected chi connectivity index (χ0v) is 20.3. The number of esters is 1. The molecule has 1 saturated carbocycles. The first-order valence-electron chi connectivity index (χ1n) is 12.8. The average Bonchev–Trinajstić information content (AvgIpc) is 2.87. The highest BCUT2D eigenvalue weighted by molar-refractivity contribution is 5.81. The molecule has 0 bridgehead atoms. The number of unbranched alkanes of at least 4 members (excludes halogenated alkanes) is 3. The minimum absolute atomic E-state index is 0.314. The zero-order chi connectivity index (χ0) is 23.3.